The van der Waals surface area contributed by atoms with Crippen LogP contribution in [-0.2, 0) is 19.4 Å². The van der Waals surface area contributed by atoms with Crippen molar-refractivity contribution in [2.45, 2.75) is 32.8 Å². The minimum atomic E-state index is 0.175. The summed E-state index contributed by atoms with van der Waals surface area (Å²) >= 11 is 0. The summed E-state index contributed by atoms with van der Waals surface area (Å²) in [6.07, 6.45) is 3.71. The monoisotopic (exact) mass is 162 g/mol. The molecule has 0 fully saturated rings. The van der Waals surface area contributed by atoms with Gasteiger partial charge in [-0.25, -0.2) is 0 Å². The molecule has 1 nitrogen and oxygen atoms in total. The molecule has 2 rings (SSSR count). The molecular weight excluding hydrogens is 148 g/mol. The van der Waals surface area contributed by atoms with Crippen LogP contribution in [0.25, 0.3) is 0 Å². The fourth-order valence-corrected chi connectivity index (χ4v) is 2.10. The van der Waals surface area contributed by atoms with Crippen LogP contribution >= 0.6 is 0 Å². The van der Waals surface area contributed by atoms with Crippen molar-refractivity contribution in [3.8, 4) is 0 Å². The maximum atomic E-state index is 8.99. The van der Waals surface area contributed by atoms with Crippen LogP contribution in [0.2, 0.25) is 0 Å². The molecule has 1 aromatic carbocycles. The summed E-state index contributed by atoms with van der Waals surface area (Å²) in [7, 11) is 0. The molecule has 0 unspecified atom stereocenters. The van der Waals surface area contributed by atoms with E-state index in [-0.39, 0.29) is 6.61 Å². The lowest BCUT2D eigenvalue weighted by Gasteiger charge is -2.06. The Hall–Kier alpha value is -0.820. The SMILES string of the molecule is Cc1cc(CO)cc2c1CCC2. The van der Waals surface area contributed by atoms with Gasteiger partial charge in [-0.2, -0.15) is 0 Å². The van der Waals surface area contributed by atoms with E-state index >= 15 is 0 Å². The van der Waals surface area contributed by atoms with E-state index in [1.165, 1.54) is 36.0 Å². The van der Waals surface area contributed by atoms with Gasteiger partial charge in [-0.15, -0.1) is 0 Å². The van der Waals surface area contributed by atoms with Crippen molar-refractivity contribution in [1.82, 2.24) is 0 Å². The van der Waals surface area contributed by atoms with E-state index in [0.717, 1.165) is 5.56 Å². The quantitative estimate of drug-likeness (QED) is 0.669. The number of aliphatic hydroxyl groups excluding tert-OH is 1. The highest BCUT2D eigenvalue weighted by Gasteiger charge is 2.13. The largest absolute Gasteiger partial charge is 0.392 e. The zero-order valence-corrected chi connectivity index (χ0v) is 7.43. The first-order valence-corrected chi connectivity index (χ1v) is 4.53. The highest BCUT2D eigenvalue weighted by Crippen LogP contribution is 2.26. The van der Waals surface area contributed by atoms with Crippen molar-refractivity contribution in [2.24, 2.45) is 0 Å². The van der Waals surface area contributed by atoms with Gasteiger partial charge in [0, 0.05) is 0 Å². The molecule has 64 valence electrons. The number of rotatable bonds is 1. The second-order valence-electron chi connectivity index (χ2n) is 3.56. The van der Waals surface area contributed by atoms with E-state index in [1.807, 2.05) is 0 Å². The Morgan fingerprint density at radius 2 is 2.17 bits per heavy atom. The second kappa shape index (κ2) is 2.91. The van der Waals surface area contributed by atoms with Crippen LogP contribution in [0.15, 0.2) is 12.1 Å². The first-order chi connectivity index (χ1) is 5.81. The lowest BCUT2D eigenvalue weighted by atomic mass is 10.0. The molecular formula is C11H14O. The number of aryl methyl sites for hydroxylation is 2. The first-order valence-electron chi connectivity index (χ1n) is 4.53. The third kappa shape index (κ3) is 1.14. The van der Waals surface area contributed by atoms with Gasteiger partial charge in [-0.3, -0.25) is 0 Å². The fraction of sp³-hybridized carbons (Fsp3) is 0.455. The molecule has 0 saturated carbocycles. The smallest absolute Gasteiger partial charge is 0.0682 e. The molecule has 1 N–H and O–H groups in total. The highest BCUT2D eigenvalue weighted by atomic mass is 16.3. The van der Waals surface area contributed by atoms with Gasteiger partial charge in [0.1, 0.15) is 0 Å². The average molecular weight is 162 g/mol. The lowest BCUT2D eigenvalue weighted by Crippen LogP contribution is -1.92. The fourth-order valence-electron chi connectivity index (χ4n) is 2.10. The van der Waals surface area contributed by atoms with Crippen molar-refractivity contribution in [3.63, 3.8) is 0 Å². The van der Waals surface area contributed by atoms with Crippen LogP contribution in [-0.4, -0.2) is 5.11 Å². The summed E-state index contributed by atoms with van der Waals surface area (Å²) in [4.78, 5) is 0. The molecule has 1 aromatic rings. The molecule has 0 aliphatic heterocycles. The molecule has 0 aromatic heterocycles. The van der Waals surface area contributed by atoms with E-state index in [9.17, 15) is 0 Å². The molecule has 1 aliphatic rings. The minimum Gasteiger partial charge on any atom is -0.392 e. The van der Waals surface area contributed by atoms with Crippen LogP contribution in [0.5, 0.6) is 0 Å². The number of benzene rings is 1. The molecule has 0 atom stereocenters. The zero-order valence-electron chi connectivity index (χ0n) is 7.43. The molecule has 1 heteroatoms. The first kappa shape index (κ1) is 7.81. The second-order valence-corrected chi connectivity index (χ2v) is 3.56. The number of hydrogen-bond donors (Lipinski definition) is 1. The van der Waals surface area contributed by atoms with Crippen LogP contribution in [0.4, 0.5) is 0 Å². The van der Waals surface area contributed by atoms with Gasteiger partial charge in [-0.05, 0) is 48.4 Å². The van der Waals surface area contributed by atoms with Crippen LogP contribution in [0.3, 0.4) is 0 Å². The van der Waals surface area contributed by atoms with E-state index in [1.54, 1.807) is 0 Å². The van der Waals surface area contributed by atoms with E-state index in [0.29, 0.717) is 0 Å². The summed E-state index contributed by atoms with van der Waals surface area (Å²) in [5.41, 5.74) is 5.40. The topological polar surface area (TPSA) is 20.2 Å². The third-order valence-corrected chi connectivity index (χ3v) is 2.68. The molecule has 0 bridgehead atoms. The number of fused-ring (bicyclic) bond motifs is 1. The summed E-state index contributed by atoms with van der Waals surface area (Å²) in [5.74, 6) is 0. The molecule has 0 saturated heterocycles. The Kier molecular flexibility index (Phi) is 1.89. The average Bonchev–Trinajstić information content (AvgIpc) is 2.52. The van der Waals surface area contributed by atoms with Gasteiger partial charge in [0.05, 0.1) is 6.61 Å². The Bertz CT molecular complexity index is 302. The summed E-state index contributed by atoms with van der Waals surface area (Å²) in [6, 6.07) is 4.25. The maximum Gasteiger partial charge on any atom is 0.0682 e. The molecule has 0 heterocycles. The van der Waals surface area contributed by atoms with E-state index in [4.69, 9.17) is 5.11 Å². The predicted molar refractivity (Wildman–Crippen MR) is 49.1 cm³/mol. The van der Waals surface area contributed by atoms with Gasteiger partial charge in [0.2, 0.25) is 0 Å². The van der Waals surface area contributed by atoms with Crippen molar-refractivity contribution < 1.29 is 5.11 Å². The Balaban J connectivity index is 2.51. The number of hydrogen-bond acceptors (Lipinski definition) is 1. The third-order valence-electron chi connectivity index (χ3n) is 2.68. The highest BCUT2D eigenvalue weighted by molar-refractivity contribution is 5.41. The Labute approximate surface area is 73.0 Å². The maximum absolute atomic E-state index is 8.99. The summed E-state index contributed by atoms with van der Waals surface area (Å²) in [5, 5.41) is 8.99. The normalized spacial score (nSPS) is 14.8. The standard InChI is InChI=1S/C11H14O/c1-8-5-9(7-12)6-10-3-2-4-11(8)10/h5-6,12H,2-4,7H2,1H3. The molecule has 12 heavy (non-hydrogen) atoms. The van der Waals surface area contributed by atoms with Gasteiger partial charge in [-0.1, -0.05) is 12.1 Å². The van der Waals surface area contributed by atoms with Gasteiger partial charge in [0.15, 0.2) is 0 Å². The van der Waals surface area contributed by atoms with Crippen LogP contribution in [0.1, 0.15) is 28.7 Å². The van der Waals surface area contributed by atoms with Crippen LogP contribution < -0.4 is 0 Å². The summed E-state index contributed by atoms with van der Waals surface area (Å²) < 4.78 is 0. The van der Waals surface area contributed by atoms with Crippen molar-refractivity contribution >= 4 is 0 Å². The van der Waals surface area contributed by atoms with Crippen molar-refractivity contribution in [1.29, 1.82) is 0 Å². The van der Waals surface area contributed by atoms with Crippen LogP contribution in [0, 0.1) is 6.92 Å². The van der Waals surface area contributed by atoms with Crippen molar-refractivity contribution in [2.75, 3.05) is 0 Å². The zero-order chi connectivity index (χ0) is 8.55. The molecule has 0 amide bonds. The van der Waals surface area contributed by atoms with E-state index in [2.05, 4.69) is 19.1 Å². The molecule has 1 aliphatic carbocycles. The molecule has 0 spiro atoms. The Morgan fingerprint density at radius 3 is 2.92 bits per heavy atom. The predicted octanol–water partition coefficient (Wildman–Crippen LogP) is 1.98. The molecule has 0 radical (unpaired) electrons. The van der Waals surface area contributed by atoms with Gasteiger partial charge >= 0.3 is 0 Å². The van der Waals surface area contributed by atoms with Gasteiger partial charge in [0.25, 0.3) is 0 Å². The Morgan fingerprint density at radius 1 is 1.33 bits per heavy atom. The van der Waals surface area contributed by atoms with Crippen molar-refractivity contribution in [3.05, 3.63) is 34.4 Å². The summed E-state index contributed by atoms with van der Waals surface area (Å²) in [6.45, 7) is 2.32. The lowest BCUT2D eigenvalue weighted by molar-refractivity contribution is 0.281. The number of aliphatic hydroxyl groups is 1. The van der Waals surface area contributed by atoms with Gasteiger partial charge < -0.3 is 5.11 Å². The minimum absolute atomic E-state index is 0.175. The van der Waals surface area contributed by atoms with E-state index < -0.39 is 0 Å².